The maximum atomic E-state index is 5.48. The Balaban J connectivity index is 1.57. The Hall–Kier alpha value is -1.23. The zero-order valence-corrected chi connectivity index (χ0v) is 13.7. The van der Waals surface area contributed by atoms with Gasteiger partial charge in [0.2, 0.25) is 0 Å². The second kappa shape index (κ2) is 6.26. The van der Waals surface area contributed by atoms with Crippen molar-refractivity contribution in [2.24, 2.45) is 0 Å². The molecule has 2 heterocycles. The number of ether oxygens (including phenoxy) is 1. The summed E-state index contributed by atoms with van der Waals surface area (Å²) in [7, 11) is 0. The third kappa shape index (κ3) is 3.34. The zero-order valence-electron chi connectivity index (χ0n) is 12.9. The van der Waals surface area contributed by atoms with Gasteiger partial charge in [-0.1, -0.05) is 18.2 Å². The third-order valence-electron chi connectivity index (χ3n) is 4.05. The Morgan fingerprint density at radius 3 is 2.86 bits per heavy atom. The molecular weight excluding hydrogens is 280 g/mol. The summed E-state index contributed by atoms with van der Waals surface area (Å²) < 4.78 is 5.48. The molecule has 0 bridgehead atoms. The van der Waals surface area contributed by atoms with Crippen LogP contribution in [0.15, 0.2) is 18.2 Å². The summed E-state index contributed by atoms with van der Waals surface area (Å²) in [6, 6.07) is 7.06. The molecule has 1 aliphatic heterocycles. The van der Waals surface area contributed by atoms with E-state index in [2.05, 4.69) is 49.3 Å². The molecule has 0 spiro atoms. The fourth-order valence-corrected chi connectivity index (χ4v) is 3.72. The fraction of sp³-hybridized carbons (Fsp3) is 0.471. The van der Waals surface area contributed by atoms with Gasteiger partial charge in [-0.05, 0) is 43.9 Å². The second-order valence-electron chi connectivity index (χ2n) is 5.69. The van der Waals surface area contributed by atoms with Crippen molar-refractivity contribution < 1.29 is 4.74 Å². The molecule has 0 aliphatic carbocycles. The van der Waals surface area contributed by atoms with Gasteiger partial charge in [0, 0.05) is 17.5 Å². The summed E-state index contributed by atoms with van der Waals surface area (Å²) in [6.45, 7) is 8.91. The number of nitrogens with zero attached hydrogens (tertiary/aromatic N) is 1. The lowest BCUT2D eigenvalue weighted by Crippen LogP contribution is -2.21. The average molecular weight is 302 g/mol. The Morgan fingerprint density at radius 2 is 2.10 bits per heavy atom. The first-order valence-electron chi connectivity index (χ1n) is 7.49. The van der Waals surface area contributed by atoms with Gasteiger partial charge in [-0.3, -0.25) is 0 Å². The lowest BCUT2D eigenvalue weighted by atomic mass is 10.0. The van der Waals surface area contributed by atoms with Gasteiger partial charge >= 0.3 is 0 Å². The maximum Gasteiger partial charge on any atom is 0.0900 e. The van der Waals surface area contributed by atoms with Crippen molar-refractivity contribution in [3.05, 3.63) is 50.5 Å². The number of thiazole rings is 1. The molecule has 112 valence electrons. The van der Waals surface area contributed by atoms with Gasteiger partial charge < -0.3 is 10.1 Å². The van der Waals surface area contributed by atoms with Crippen molar-refractivity contribution in [3.8, 4) is 0 Å². The van der Waals surface area contributed by atoms with Crippen LogP contribution in [0.1, 0.15) is 45.2 Å². The topological polar surface area (TPSA) is 34.2 Å². The largest absolute Gasteiger partial charge is 0.372 e. The molecule has 1 unspecified atom stereocenters. The van der Waals surface area contributed by atoms with Gasteiger partial charge in [-0.25, -0.2) is 4.98 Å². The van der Waals surface area contributed by atoms with Crippen molar-refractivity contribution in [1.82, 2.24) is 10.3 Å². The van der Waals surface area contributed by atoms with E-state index in [0.29, 0.717) is 6.04 Å². The van der Waals surface area contributed by atoms with Crippen molar-refractivity contribution in [2.75, 3.05) is 6.54 Å². The smallest absolute Gasteiger partial charge is 0.0900 e. The third-order valence-corrected chi connectivity index (χ3v) is 5.18. The molecule has 1 aromatic carbocycles. The van der Waals surface area contributed by atoms with E-state index in [0.717, 1.165) is 31.2 Å². The Kier molecular flexibility index (Phi) is 4.38. The summed E-state index contributed by atoms with van der Waals surface area (Å²) in [5.74, 6) is 0. The van der Waals surface area contributed by atoms with E-state index in [1.54, 1.807) is 0 Å². The van der Waals surface area contributed by atoms with Crippen LogP contribution in [-0.4, -0.2) is 11.5 Å². The predicted molar refractivity (Wildman–Crippen MR) is 86.6 cm³/mol. The molecule has 1 atom stereocenters. The first-order chi connectivity index (χ1) is 10.1. The summed E-state index contributed by atoms with van der Waals surface area (Å²) in [5, 5.41) is 4.77. The maximum absolute atomic E-state index is 5.48. The molecule has 21 heavy (non-hydrogen) atoms. The van der Waals surface area contributed by atoms with Gasteiger partial charge in [-0.15, -0.1) is 11.3 Å². The van der Waals surface area contributed by atoms with Gasteiger partial charge in [0.15, 0.2) is 0 Å². The zero-order chi connectivity index (χ0) is 14.8. The van der Waals surface area contributed by atoms with Crippen LogP contribution in [0.4, 0.5) is 0 Å². The molecule has 0 amide bonds. The van der Waals surface area contributed by atoms with Crippen LogP contribution in [0.3, 0.4) is 0 Å². The highest BCUT2D eigenvalue weighted by molar-refractivity contribution is 7.11. The van der Waals surface area contributed by atoms with Gasteiger partial charge in [-0.2, -0.15) is 0 Å². The normalized spacial score (nSPS) is 15.2. The van der Waals surface area contributed by atoms with Crippen molar-refractivity contribution in [1.29, 1.82) is 0 Å². The number of aromatic nitrogens is 1. The minimum atomic E-state index is 0.366. The molecule has 4 heteroatoms. The second-order valence-corrected chi connectivity index (χ2v) is 6.98. The van der Waals surface area contributed by atoms with E-state index in [4.69, 9.17) is 4.74 Å². The van der Waals surface area contributed by atoms with E-state index in [1.165, 1.54) is 27.3 Å². The highest BCUT2D eigenvalue weighted by atomic mass is 32.1. The number of hydrogen-bond donors (Lipinski definition) is 1. The van der Waals surface area contributed by atoms with Crippen LogP contribution in [0.5, 0.6) is 0 Å². The van der Waals surface area contributed by atoms with Crippen LogP contribution in [0.2, 0.25) is 0 Å². The molecule has 1 aromatic heterocycles. The molecule has 0 saturated heterocycles. The highest BCUT2D eigenvalue weighted by Crippen LogP contribution is 2.24. The molecule has 3 nitrogen and oxygen atoms in total. The molecule has 1 aliphatic rings. The van der Waals surface area contributed by atoms with E-state index in [-0.39, 0.29) is 0 Å². The first kappa shape index (κ1) is 14.7. The summed E-state index contributed by atoms with van der Waals surface area (Å²) in [5.41, 5.74) is 5.20. The van der Waals surface area contributed by atoms with Crippen LogP contribution in [0.25, 0.3) is 0 Å². The number of benzene rings is 1. The minimum Gasteiger partial charge on any atom is -0.372 e. The first-order valence-corrected chi connectivity index (χ1v) is 8.31. The lowest BCUT2D eigenvalue weighted by Gasteiger charge is -2.15. The monoisotopic (exact) mass is 302 g/mol. The minimum absolute atomic E-state index is 0.366. The molecule has 0 fully saturated rings. The highest BCUT2D eigenvalue weighted by Gasteiger charge is 2.14. The molecule has 0 saturated carbocycles. The molecule has 1 N–H and O–H groups in total. The summed E-state index contributed by atoms with van der Waals surface area (Å²) in [4.78, 5) is 5.88. The Morgan fingerprint density at radius 1 is 1.29 bits per heavy atom. The standard InChI is InChI=1S/C17H22N2OS/c1-11(14-4-5-15-9-20-10-16(15)8-14)18-7-6-17-12(2)19-13(3)21-17/h4-5,8,11,18H,6-7,9-10H2,1-3H3. The van der Waals surface area contributed by atoms with Crippen LogP contribution < -0.4 is 5.32 Å². The van der Waals surface area contributed by atoms with E-state index < -0.39 is 0 Å². The van der Waals surface area contributed by atoms with Gasteiger partial charge in [0.1, 0.15) is 0 Å². The van der Waals surface area contributed by atoms with Crippen LogP contribution in [0, 0.1) is 13.8 Å². The molecular formula is C17H22N2OS. The van der Waals surface area contributed by atoms with Crippen molar-refractivity contribution in [2.45, 2.75) is 46.4 Å². The van der Waals surface area contributed by atoms with Gasteiger partial charge in [0.05, 0.1) is 23.9 Å². The van der Waals surface area contributed by atoms with Crippen LogP contribution in [-0.2, 0) is 24.4 Å². The SMILES string of the molecule is Cc1nc(C)c(CCNC(C)c2ccc3c(c2)COC3)s1. The van der Waals surface area contributed by atoms with E-state index in [1.807, 2.05) is 11.3 Å². The van der Waals surface area contributed by atoms with Crippen molar-refractivity contribution in [3.63, 3.8) is 0 Å². The predicted octanol–water partition coefficient (Wildman–Crippen LogP) is 3.68. The number of fused-ring (bicyclic) bond motifs is 1. The Labute approximate surface area is 130 Å². The number of hydrogen-bond acceptors (Lipinski definition) is 4. The number of rotatable bonds is 5. The molecule has 3 rings (SSSR count). The quantitative estimate of drug-likeness (QED) is 0.915. The van der Waals surface area contributed by atoms with Crippen LogP contribution >= 0.6 is 11.3 Å². The molecule has 0 radical (unpaired) electrons. The Bertz CT molecular complexity index is 636. The fourth-order valence-electron chi connectivity index (χ4n) is 2.79. The number of nitrogens with one attached hydrogen (secondary N) is 1. The number of aryl methyl sites for hydroxylation is 2. The van der Waals surface area contributed by atoms with Crippen molar-refractivity contribution >= 4 is 11.3 Å². The molecule has 2 aromatic rings. The van der Waals surface area contributed by atoms with Gasteiger partial charge in [0.25, 0.3) is 0 Å². The van der Waals surface area contributed by atoms with E-state index in [9.17, 15) is 0 Å². The summed E-state index contributed by atoms with van der Waals surface area (Å²) >= 11 is 1.81. The van der Waals surface area contributed by atoms with E-state index >= 15 is 0 Å². The average Bonchev–Trinajstić information content (AvgIpc) is 3.04. The summed E-state index contributed by atoms with van der Waals surface area (Å²) in [6.07, 6.45) is 1.05. The lowest BCUT2D eigenvalue weighted by molar-refractivity contribution is 0.134.